The molecule has 0 atom stereocenters. The number of anilines is 6. The van der Waals surface area contributed by atoms with Crippen LogP contribution in [0.1, 0.15) is 79.0 Å². The minimum atomic E-state index is -0.0821. The second-order valence-corrected chi connectivity index (χ2v) is 23.3. The van der Waals surface area contributed by atoms with E-state index in [2.05, 4.69) is 240 Å². The Labute approximate surface area is 403 Å². The number of thiophene rings is 1. The van der Waals surface area contributed by atoms with Crippen LogP contribution in [0.3, 0.4) is 0 Å². The summed E-state index contributed by atoms with van der Waals surface area (Å²) in [5, 5.41) is 6.19. The lowest BCUT2D eigenvalue weighted by Gasteiger charge is -2.42. The molecule has 0 saturated carbocycles. The minimum absolute atomic E-state index is 0.0127. The van der Waals surface area contributed by atoms with Crippen LogP contribution in [-0.4, -0.2) is 11.3 Å². The van der Waals surface area contributed by atoms with Gasteiger partial charge in [-0.15, -0.1) is 11.3 Å². The van der Waals surface area contributed by atoms with Gasteiger partial charge in [0, 0.05) is 60.1 Å². The van der Waals surface area contributed by atoms with Crippen LogP contribution in [0.2, 0.25) is 0 Å². The van der Waals surface area contributed by atoms with Crippen molar-refractivity contribution in [3.63, 3.8) is 0 Å². The van der Waals surface area contributed by atoms with Gasteiger partial charge in [-0.1, -0.05) is 165 Å². The molecule has 0 unspecified atom stereocenters. The first-order valence-electron chi connectivity index (χ1n) is 24.1. The first-order valence-corrected chi connectivity index (χ1v) is 24.9. The molecular formula is C62H54BN3OS. The predicted octanol–water partition coefficient (Wildman–Crippen LogP) is 15.9. The highest BCUT2D eigenvalue weighted by Crippen LogP contribution is 2.50. The van der Waals surface area contributed by atoms with E-state index in [1.807, 2.05) is 11.3 Å². The molecule has 332 valence electrons. The topological polar surface area (TPSA) is 24.6 Å². The van der Waals surface area contributed by atoms with E-state index in [1.165, 1.54) is 75.7 Å². The molecule has 3 aromatic heterocycles. The third-order valence-electron chi connectivity index (χ3n) is 14.9. The number of furan rings is 1. The van der Waals surface area contributed by atoms with Crippen LogP contribution in [0.25, 0.3) is 58.8 Å². The van der Waals surface area contributed by atoms with E-state index < -0.39 is 0 Å². The summed E-state index contributed by atoms with van der Waals surface area (Å²) in [6.45, 7) is 20.7. The van der Waals surface area contributed by atoms with Crippen molar-refractivity contribution in [1.82, 2.24) is 4.57 Å². The number of aromatic nitrogens is 1. The van der Waals surface area contributed by atoms with Crippen LogP contribution < -0.4 is 26.2 Å². The fraction of sp³-hybridized carbons (Fsp3) is 0.194. The Hall–Kier alpha value is -7.02. The Morgan fingerprint density at radius 3 is 1.75 bits per heavy atom. The molecule has 2 aliphatic rings. The summed E-state index contributed by atoms with van der Waals surface area (Å²) >= 11 is 1.90. The lowest BCUT2D eigenvalue weighted by atomic mass is 9.33. The molecule has 68 heavy (non-hydrogen) atoms. The van der Waals surface area contributed by atoms with E-state index >= 15 is 0 Å². The zero-order chi connectivity index (χ0) is 46.6. The number of para-hydroxylation sites is 3. The van der Waals surface area contributed by atoms with Gasteiger partial charge < -0.3 is 18.8 Å². The first-order chi connectivity index (χ1) is 32.6. The first kappa shape index (κ1) is 41.2. The molecule has 13 rings (SSSR count). The van der Waals surface area contributed by atoms with E-state index in [-0.39, 0.29) is 23.0 Å². The molecule has 0 N–H and O–H groups in total. The maximum absolute atomic E-state index is 6.98. The van der Waals surface area contributed by atoms with Crippen LogP contribution >= 0.6 is 11.3 Å². The van der Waals surface area contributed by atoms with Gasteiger partial charge in [-0.3, -0.25) is 0 Å². The number of fused-ring (bicyclic) bond motifs is 12. The van der Waals surface area contributed by atoms with Crippen molar-refractivity contribution in [1.29, 1.82) is 0 Å². The summed E-state index contributed by atoms with van der Waals surface area (Å²) in [5.74, 6) is 0. The van der Waals surface area contributed by atoms with Crippen molar-refractivity contribution >= 4 is 122 Å². The molecule has 4 nitrogen and oxygen atoms in total. The molecule has 0 amide bonds. The van der Waals surface area contributed by atoms with E-state index in [9.17, 15) is 0 Å². The van der Waals surface area contributed by atoms with Gasteiger partial charge in [0.15, 0.2) is 5.58 Å². The molecule has 5 heterocycles. The van der Waals surface area contributed by atoms with Gasteiger partial charge >= 0.3 is 0 Å². The standard InChI is InChI=1S/C62H54BN3OS/c1-60(2,3)37-24-29-40(30-25-37)64(41-31-26-38(27-32-41)61(4,5)6)42-35-51-56-52(36-42)66-57-46(55-45-17-11-13-23-54(45)68-59(55)66)19-14-20-48(57)63(56)47-33-28-39(62(7,8)9)34-50(47)65(51)49-21-15-18-44-43-16-10-12-22-53(43)67-58(44)49/h10-36H,1-9H3. The van der Waals surface area contributed by atoms with Crippen molar-refractivity contribution in [3.05, 3.63) is 180 Å². The number of hydrogen-bond donors (Lipinski definition) is 0. The monoisotopic (exact) mass is 899 g/mol. The maximum atomic E-state index is 6.98. The summed E-state index contributed by atoms with van der Waals surface area (Å²) in [5.41, 5.74) is 18.8. The number of nitrogens with zero attached hydrogens (tertiary/aromatic N) is 3. The molecular weight excluding hydrogens is 846 g/mol. The largest absolute Gasteiger partial charge is 0.454 e. The Bertz CT molecular complexity index is 3810. The molecule has 0 bridgehead atoms. The highest BCUT2D eigenvalue weighted by Gasteiger charge is 2.44. The van der Waals surface area contributed by atoms with Crippen molar-refractivity contribution in [2.45, 2.75) is 78.6 Å². The molecule has 0 saturated heterocycles. The minimum Gasteiger partial charge on any atom is -0.454 e. The normalized spacial score (nSPS) is 13.6. The van der Waals surface area contributed by atoms with Crippen molar-refractivity contribution < 1.29 is 4.42 Å². The van der Waals surface area contributed by atoms with Crippen molar-refractivity contribution in [3.8, 4) is 5.69 Å². The molecule has 0 radical (unpaired) electrons. The smallest absolute Gasteiger partial charge is 0.252 e. The molecule has 6 heteroatoms. The summed E-state index contributed by atoms with van der Waals surface area (Å²) in [6, 6.07) is 61.9. The van der Waals surface area contributed by atoms with Crippen molar-refractivity contribution in [2.24, 2.45) is 0 Å². The maximum Gasteiger partial charge on any atom is 0.252 e. The Morgan fingerprint density at radius 1 is 0.471 bits per heavy atom. The van der Waals surface area contributed by atoms with Gasteiger partial charge in [0.2, 0.25) is 0 Å². The zero-order valence-electron chi connectivity index (χ0n) is 40.3. The summed E-state index contributed by atoms with van der Waals surface area (Å²) < 4.78 is 10.9. The molecule has 8 aromatic carbocycles. The quantitative estimate of drug-likeness (QED) is 0.165. The summed E-state index contributed by atoms with van der Waals surface area (Å²) in [6.07, 6.45) is 0. The van der Waals surface area contributed by atoms with Crippen LogP contribution in [-0.2, 0) is 16.2 Å². The van der Waals surface area contributed by atoms with E-state index in [0.717, 1.165) is 50.4 Å². The molecule has 0 fully saturated rings. The average molecular weight is 900 g/mol. The number of rotatable bonds is 4. The fourth-order valence-corrected chi connectivity index (χ4v) is 12.6. The summed E-state index contributed by atoms with van der Waals surface area (Å²) in [7, 11) is 0. The van der Waals surface area contributed by atoms with Gasteiger partial charge in [-0.2, -0.15) is 0 Å². The number of benzene rings is 8. The van der Waals surface area contributed by atoms with Crippen LogP contribution in [0.4, 0.5) is 34.1 Å². The van der Waals surface area contributed by atoms with Gasteiger partial charge in [-0.05, 0) is 110 Å². The van der Waals surface area contributed by atoms with Gasteiger partial charge in [0.1, 0.15) is 10.4 Å². The van der Waals surface area contributed by atoms with Gasteiger partial charge in [0.25, 0.3) is 6.71 Å². The Morgan fingerprint density at radius 2 is 1.06 bits per heavy atom. The summed E-state index contributed by atoms with van der Waals surface area (Å²) in [4.78, 5) is 6.31. The zero-order valence-corrected chi connectivity index (χ0v) is 41.1. The van der Waals surface area contributed by atoms with Crippen LogP contribution in [0.15, 0.2) is 168 Å². The second kappa shape index (κ2) is 14.3. The van der Waals surface area contributed by atoms with E-state index in [4.69, 9.17) is 4.42 Å². The van der Waals surface area contributed by atoms with Crippen LogP contribution in [0.5, 0.6) is 0 Å². The highest BCUT2D eigenvalue weighted by molar-refractivity contribution is 7.26. The molecule has 2 aliphatic heterocycles. The Kier molecular flexibility index (Phi) is 8.64. The third-order valence-corrected chi connectivity index (χ3v) is 16.0. The van der Waals surface area contributed by atoms with Gasteiger partial charge in [-0.25, -0.2) is 0 Å². The lowest BCUT2D eigenvalue weighted by Crippen LogP contribution is -2.60. The number of hydrogen-bond acceptors (Lipinski definition) is 4. The van der Waals surface area contributed by atoms with E-state index in [0.29, 0.717) is 0 Å². The molecule has 0 spiro atoms. The van der Waals surface area contributed by atoms with Crippen molar-refractivity contribution in [2.75, 3.05) is 9.80 Å². The van der Waals surface area contributed by atoms with Crippen LogP contribution in [0, 0.1) is 0 Å². The molecule has 11 aromatic rings. The fourth-order valence-electron chi connectivity index (χ4n) is 11.3. The van der Waals surface area contributed by atoms with E-state index in [1.54, 1.807) is 0 Å². The molecule has 0 aliphatic carbocycles. The third kappa shape index (κ3) is 5.99. The SMILES string of the molecule is CC(C)(C)c1ccc(N(c2ccc(C(C)(C)C)cc2)c2cc3c4c(c2)-n2c5sc6ccccc6c5c5cccc(c52)B4c2ccc(C(C)(C)C)cc2N3c2cccc3c2oc2ccccc23)cc1. The lowest BCUT2D eigenvalue weighted by molar-refractivity contribution is 0.590. The van der Waals surface area contributed by atoms with Gasteiger partial charge in [0.05, 0.1) is 16.9 Å². The highest BCUT2D eigenvalue weighted by atomic mass is 32.1. The Balaban J connectivity index is 1.19. The average Bonchev–Trinajstić information content (AvgIpc) is 3.99. The second-order valence-electron chi connectivity index (χ2n) is 22.2. The predicted molar refractivity (Wildman–Crippen MR) is 294 cm³/mol.